The number of ether oxygens (including phenoxy) is 2. The van der Waals surface area contributed by atoms with Crippen molar-refractivity contribution in [3.63, 3.8) is 0 Å². The van der Waals surface area contributed by atoms with Crippen molar-refractivity contribution in [1.29, 1.82) is 0 Å². The van der Waals surface area contributed by atoms with Crippen LogP contribution in [0.5, 0.6) is 11.5 Å². The lowest BCUT2D eigenvalue weighted by Gasteiger charge is -2.35. The van der Waals surface area contributed by atoms with Gasteiger partial charge in [0.15, 0.2) is 11.5 Å². The van der Waals surface area contributed by atoms with Gasteiger partial charge in [-0.25, -0.2) is 9.78 Å². The third-order valence-electron chi connectivity index (χ3n) is 5.46. The first-order valence-corrected chi connectivity index (χ1v) is 9.69. The number of aromatic nitrogens is 1. The summed E-state index contributed by atoms with van der Waals surface area (Å²) in [5.41, 5.74) is 7.70. The average Bonchev–Trinajstić information content (AvgIpc) is 3.55. The van der Waals surface area contributed by atoms with E-state index in [4.69, 9.17) is 20.2 Å². The summed E-state index contributed by atoms with van der Waals surface area (Å²) in [5, 5.41) is 3.87. The molecule has 1 aromatic carbocycles. The molecular weight excluding hydrogens is 394 g/mol. The first-order valence-electron chi connectivity index (χ1n) is 9.69. The van der Waals surface area contributed by atoms with E-state index in [9.17, 15) is 4.79 Å². The number of nitrogens with two attached hydrogens (primary N) is 1. The third-order valence-corrected chi connectivity index (χ3v) is 5.46. The SMILES string of the molecule is COc1cc2nc(N3CCN(C(=O)NCC4CC4)CC3)cc(N)c2cc1OC.Cl. The number of urea groups is 1. The Morgan fingerprint density at radius 3 is 2.41 bits per heavy atom. The van der Waals surface area contributed by atoms with Gasteiger partial charge >= 0.3 is 6.03 Å². The van der Waals surface area contributed by atoms with Gasteiger partial charge in [0, 0.05) is 55.9 Å². The molecule has 2 aromatic rings. The predicted molar refractivity (Wildman–Crippen MR) is 116 cm³/mol. The topological polar surface area (TPSA) is 93.0 Å². The molecule has 0 bridgehead atoms. The number of rotatable bonds is 5. The molecule has 1 aliphatic heterocycles. The van der Waals surface area contributed by atoms with Crippen LogP contribution in [-0.4, -0.2) is 62.9 Å². The molecule has 1 saturated heterocycles. The van der Waals surface area contributed by atoms with E-state index in [1.54, 1.807) is 14.2 Å². The second-order valence-electron chi connectivity index (χ2n) is 7.40. The van der Waals surface area contributed by atoms with Crippen molar-refractivity contribution in [2.75, 3.05) is 57.6 Å². The molecule has 0 spiro atoms. The first-order chi connectivity index (χ1) is 13.6. The Hall–Kier alpha value is -2.61. The Labute approximate surface area is 176 Å². The molecule has 1 saturated carbocycles. The molecule has 8 nitrogen and oxygen atoms in total. The number of benzene rings is 1. The van der Waals surface area contributed by atoms with Crippen molar-refractivity contribution in [2.45, 2.75) is 12.8 Å². The standard InChI is InChI=1S/C20H27N5O3.ClH/c1-27-17-9-14-15(21)10-19(23-16(14)11-18(17)28-2)24-5-7-25(8-6-24)20(26)22-12-13-3-4-13;/h9-11,13H,3-8,12H2,1-2H3,(H2,21,23)(H,22,26);1H. The summed E-state index contributed by atoms with van der Waals surface area (Å²) in [6.45, 7) is 3.58. The summed E-state index contributed by atoms with van der Waals surface area (Å²) in [4.78, 5) is 21.1. The quantitative estimate of drug-likeness (QED) is 0.770. The number of anilines is 2. The molecule has 1 aromatic heterocycles. The number of nitrogen functional groups attached to an aromatic ring is 1. The fourth-order valence-corrected chi connectivity index (χ4v) is 3.53. The molecule has 158 valence electrons. The second kappa shape index (κ2) is 8.82. The molecule has 2 amide bonds. The zero-order valence-electron chi connectivity index (χ0n) is 16.8. The molecule has 0 atom stereocenters. The van der Waals surface area contributed by atoms with Gasteiger partial charge in [0.1, 0.15) is 5.82 Å². The number of carbonyl (C=O) groups is 1. The highest BCUT2D eigenvalue weighted by atomic mass is 35.5. The van der Waals surface area contributed by atoms with Gasteiger partial charge in [0.2, 0.25) is 0 Å². The predicted octanol–water partition coefficient (Wildman–Crippen LogP) is 2.50. The second-order valence-corrected chi connectivity index (χ2v) is 7.40. The highest BCUT2D eigenvalue weighted by Gasteiger charge is 2.25. The lowest BCUT2D eigenvalue weighted by Crippen LogP contribution is -2.52. The molecule has 0 unspecified atom stereocenters. The fourth-order valence-electron chi connectivity index (χ4n) is 3.53. The number of nitrogens with zero attached hydrogens (tertiary/aromatic N) is 3. The molecule has 1 aliphatic carbocycles. The Bertz CT molecular complexity index is 882. The largest absolute Gasteiger partial charge is 0.493 e. The number of halogens is 1. The van der Waals surface area contributed by atoms with Crippen LogP contribution < -0.4 is 25.4 Å². The number of amides is 2. The van der Waals surface area contributed by atoms with Gasteiger partial charge in [-0.2, -0.15) is 0 Å². The summed E-state index contributed by atoms with van der Waals surface area (Å²) < 4.78 is 10.7. The van der Waals surface area contributed by atoms with Crippen LogP contribution in [0.15, 0.2) is 18.2 Å². The lowest BCUT2D eigenvalue weighted by molar-refractivity contribution is 0.194. The van der Waals surface area contributed by atoms with E-state index in [1.165, 1.54) is 12.8 Å². The van der Waals surface area contributed by atoms with Gasteiger partial charge < -0.3 is 30.3 Å². The van der Waals surface area contributed by atoms with E-state index in [0.29, 0.717) is 36.2 Å². The van der Waals surface area contributed by atoms with Crippen LogP contribution in [0.4, 0.5) is 16.3 Å². The monoisotopic (exact) mass is 421 g/mol. The zero-order valence-corrected chi connectivity index (χ0v) is 17.6. The van der Waals surface area contributed by atoms with E-state index < -0.39 is 0 Å². The highest BCUT2D eigenvalue weighted by molar-refractivity contribution is 5.94. The van der Waals surface area contributed by atoms with E-state index >= 15 is 0 Å². The van der Waals surface area contributed by atoms with Gasteiger partial charge in [-0.1, -0.05) is 0 Å². The number of carbonyl (C=O) groups excluding carboxylic acids is 1. The molecule has 0 radical (unpaired) electrons. The number of hydrogen-bond acceptors (Lipinski definition) is 6. The average molecular weight is 422 g/mol. The number of fused-ring (bicyclic) bond motifs is 1. The van der Waals surface area contributed by atoms with Gasteiger partial charge in [0.25, 0.3) is 0 Å². The van der Waals surface area contributed by atoms with Crippen LogP contribution >= 0.6 is 12.4 Å². The van der Waals surface area contributed by atoms with Crippen molar-refractivity contribution in [1.82, 2.24) is 15.2 Å². The maximum absolute atomic E-state index is 12.3. The van der Waals surface area contributed by atoms with E-state index in [2.05, 4.69) is 10.2 Å². The summed E-state index contributed by atoms with van der Waals surface area (Å²) in [6.07, 6.45) is 2.47. The lowest BCUT2D eigenvalue weighted by atomic mass is 10.1. The van der Waals surface area contributed by atoms with Crippen molar-refractivity contribution < 1.29 is 14.3 Å². The van der Waals surface area contributed by atoms with Crippen molar-refractivity contribution in [3.05, 3.63) is 18.2 Å². The Morgan fingerprint density at radius 1 is 1.14 bits per heavy atom. The molecular formula is C20H28ClN5O3. The van der Waals surface area contributed by atoms with Gasteiger partial charge in [-0.15, -0.1) is 12.4 Å². The molecule has 4 rings (SSSR count). The minimum absolute atomic E-state index is 0. The number of nitrogens with one attached hydrogen (secondary N) is 1. The van der Waals surface area contributed by atoms with Crippen LogP contribution in [0.25, 0.3) is 10.9 Å². The van der Waals surface area contributed by atoms with E-state index in [0.717, 1.165) is 36.4 Å². The van der Waals surface area contributed by atoms with Gasteiger partial charge in [-0.05, 0) is 24.8 Å². The normalized spacial score (nSPS) is 16.3. The van der Waals surface area contributed by atoms with Gasteiger partial charge in [-0.3, -0.25) is 0 Å². The summed E-state index contributed by atoms with van der Waals surface area (Å²) in [5.74, 6) is 2.75. The van der Waals surface area contributed by atoms with E-state index in [1.807, 2.05) is 23.1 Å². The van der Waals surface area contributed by atoms with Crippen LogP contribution in [0.3, 0.4) is 0 Å². The smallest absolute Gasteiger partial charge is 0.317 e. The number of pyridine rings is 1. The maximum atomic E-state index is 12.3. The van der Waals surface area contributed by atoms with Crippen LogP contribution in [0.2, 0.25) is 0 Å². The molecule has 2 aliphatic rings. The van der Waals surface area contributed by atoms with E-state index in [-0.39, 0.29) is 18.4 Å². The minimum Gasteiger partial charge on any atom is -0.493 e. The zero-order chi connectivity index (χ0) is 19.7. The first kappa shape index (κ1) is 21.1. The van der Waals surface area contributed by atoms with Crippen molar-refractivity contribution in [2.24, 2.45) is 5.92 Å². The highest BCUT2D eigenvalue weighted by Crippen LogP contribution is 2.35. The molecule has 3 N–H and O–H groups in total. The Kier molecular flexibility index (Phi) is 6.42. The molecule has 2 fully saturated rings. The van der Waals surface area contributed by atoms with Crippen molar-refractivity contribution in [3.8, 4) is 11.5 Å². The third kappa shape index (κ3) is 4.53. The fraction of sp³-hybridized carbons (Fsp3) is 0.500. The number of hydrogen-bond donors (Lipinski definition) is 2. The van der Waals surface area contributed by atoms with Crippen LogP contribution in [0, 0.1) is 5.92 Å². The summed E-state index contributed by atoms with van der Waals surface area (Å²) in [6, 6.07) is 5.61. The molecule has 9 heteroatoms. The minimum atomic E-state index is 0. The van der Waals surface area contributed by atoms with Crippen LogP contribution in [0.1, 0.15) is 12.8 Å². The Balaban J connectivity index is 0.00000240. The summed E-state index contributed by atoms with van der Waals surface area (Å²) in [7, 11) is 3.20. The van der Waals surface area contributed by atoms with Crippen molar-refractivity contribution >= 4 is 40.8 Å². The molecule has 2 heterocycles. The summed E-state index contributed by atoms with van der Waals surface area (Å²) >= 11 is 0. The Morgan fingerprint density at radius 2 is 1.79 bits per heavy atom. The number of piperazine rings is 1. The number of methoxy groups -OCH3 is 2. The molecule has 29 heavy (non-hydrogen) atoms. The maximum Gasteiger partial charge on any atom is 0.317 e. The van der Waals surface area contributed by atoms with Crippen LogP contribution in [-0.2, 0) is 0 Å². The van der Waals surface area contributed by atoms with Gasteiger partial charge in [0.05, 0.1) is 19.7 Å².